The van der Waals surface area contributed by atoms with Gasteiger partial charge in [-0.2, -0.15) is 0 Å². The molecule has 7 nitrogen and oxygen atoms in total. The molecule has 206 valence electrons. The zero-order valence-electron chi connectivity index (χ0n) is 23.0. The van der Waals surface area contributed by atoms with E-state index in [2.05, 4.69) is 18.7 Å². The molecular weight excluding hydrogens is 506 g/mol. The Morgan fingerprint density at radius 3 is 2.45 bits per heavy atom. The maximum atomic E-state index is 14.1. The number of hydrogen-bond donors (Lipinski definition) is 1. The molecule has 3 aromatic carbocycles. The number of rotatable bonds is 6. The summed E-state index contributed by atoms with van der Waals surface area (Å²) in [6, 6.07) is 21.0. The number of carbonyl (C=O) groups is 2. The van der Waals surface area contributed by atoms with Crippen LogP contribution in [0.2, 0.25) is 0 Å². The number of amides is 1. The number of ether oxygens (including phenoxy) is 3. The number of nitrogens with zero attached hydrogens (tertiary/aromatic N) is 1. The number of phenols is 1. The standard InChI is InChI=1S/C33H33NO6/c1-20(22-9-6-8-12-27(22)38-2)30(36)34-18-29-32(21-13-14-26(35)28(17-21)39-3)16-15-25(23-10-5-7-11-24(23)32)33(29,19-34)31(37)40-4/h5-14,17,25,29,35H,1,15-16,18-19H2,2-4H3. The van der Waals surface area contributed by atoms with Crippen LogP contribution in [0.4, 0.5) is 0 Å². The second-order valence-electron chi connectivity index (χ2n) is 11.0. The van der Waals surface area contributed by atoms with E-state index in [1.54, 1.807) is 24.1 Å². The van der Waals surface area contributed by atoms with Gasteiger partial charge in [0.15, 0.2) is 11.5 Å². The Bertz CT molecular complexity index is 1530. The Morgan fingerprint density at radius 1 is 0.975 bits per heavy atom. The van der Waals surface area contributed by atoms with Crippen molar-refractivity contribution in [3.63, 3.8) is 0 Å². The summed E-state index contributed by atoms with van der Waals surface area (Å²) in [5, 5.41) is 10.4. The second kappa shape index (κ2) is 9.44. The van der Waals surface area contributed by atoms with Gasteiger partial charge in [0, 0.05) is 41.5 Å². The molecule has 1 amide bonds. The highest BCUT2D eigenvalue weighted by atomic mass is 16.5. The third-order valence-corrected chi connectivity index (χ3v) is 9.58. The summed E-state index contributed by atoms with van der Waals surface area (Å²) in [7, 11) is 4.52. The minimum atomic E-state index is -0.941. The molecule has 0 radical (unpaired) electrons. The average molecular weight is 540 g/mol. The summed E-state index contributed by atoms with van der Waals surface area (Å²) in [4.78, 5) is 29.8. The van der Waals surface area contributed by atoms with Gasteiger partial charge < -0.3 is 24.2 Å². The number of phenolic OH excluding ortho intramolecular Hbond substituents is 1. The van der Waals surface area contributed by atoms with E-state index in [-0.39, 0.29) is 36.0 Å². The molecule has 1 saturated carbocycles. The quantitative estimate of drug-likeness (QED) is 0.354. The predicted molar refractivity (Wildman–Crippen MR) is 150 cm³/mol. The summed E-state index contributed by atoms with van der Waals surface area (Å²) in [5.41, 5.74) is 2.62. The molecule has 2 fully saturated rings. The largest absolute Gasteiger partial charge is 0.504 e. The Kier molecular flexibility index (Phi) is 6.13. The van der Waals surface area contributed by atoms with Crippen LogP contribution in [0.1, 0.15) is 41.0 Å². The van der Waals surface area contributed by atoms with Gasteiger partial charge >= 0.3 is 5.97 Å². The van der Waals surface area contributed by atoms with Crippen molar-refractivity contribution in [1.82, 2.24) is 4.90 Å². The number of likely N-dealkylation sites (tertiary alicyclic amines) is 1. The smallest absolute Gasteiger partial charge is 0.314 e. The van der Waals surface area contributed by atoms with Gasteiger partial charge in [-0.15, -0.1) is 0 Å². The van der Waals surface area contributed by atoms with Crippen LogP contribution in [-0.4, -0.2) is 56.3 Å². The van der Waals surface area contributed by atoms with E-state index in [0.29, 0.717) is 29.2 Å². The van der Waals surface area contributed by atoms with Crippen LogP contribution in [-0.2, 0) is 19.7 Å². The van der Waals surface area contributed by atoms with Crippen LogP contribution in [0.25, 0.3) is 5.57 Å². The highest BCUT2D eigenvalue weighted by Gasteiger charge is 2.71. The van der Waals surface area contributed by atoms with Gasteiger partial charge in [-0.25, -0.2) is 0 Å². The van der Waals surface area contributed by atoms with Crippen molar-refractivity contribution in [3.05, 3.63) is 95.6 Å². The Labute approximate surface area is 234 Å². The number of esters is 1. The minimum absolute atomic E-state index is 0.0518. The normalized spacial score (nSPS) is 26.0. The number of fused-ring (bicyclic) bond motifs is 1. The number of para-hydroxylation sites is 1. The van der Waals surface area contributed by atoms with Crippen LogP contribution in [0.15, 0.2) is 73.3 Å². The van der Waals surface area contributed by atoms with E-state index in [0.717, 1.165) is 29.5 Å². The topological polar surface area (TPSA) is 85.3 Å². The van der Waals surface area contributed by atoms with Crippen LogP contribution in [0.5, 0.6) is 17.2 Å². The van der Waals surface area contributed by atoms with Crippen LogP contribution >= 0.6 is 0 Å². The van der Waals surface area contributed by atoms with Crippen molar-refractivity contribution in [2.75, 3.05) is 34.4 Å². The first-order valence-electron chi connectivity index (χ1n) is 13.5. The molecule has 3 aromatic rings. The molecule has 2 bridgehead atoms. The molecule has 0 spiro atoms. The van der Waals surface area contributed by atoms with E-state index >= 15 is 0 Å². The summed E-state index contributed by atoms with van der Waals surface area (Å²) >= 11 is 0. The van der Waals surface area contributed by atoms with E-state index in [1.165, 1.54) is 14.2 Å². The number of methoxy groups -OCH3 is 3. The minimum Gasteiger partial charge on any atom is -0.504 e. The number of hydrogen-bond acceptors (Lipinski definition) is 6. The fraction of sp³-hybridized carbons (Fsp3) is 0.333. The van der Waals surface area contributed by atoms with Gasteiger partial charge in [-0.3, -0.25) is 9.59 Å². The van der Waals surface area contributed by atoms with Crippen LogP contribution < -0.4 is 9.47 Å². The second-order valence-corrected chi connectivity index (χ2v) is 11.0. The van der Waals surface area contributed by atoms with E-state index in [1.807, 2.05) is 42.5 Å². The first kappa shape index (κ1) is 26.0. The molecule has 1 saturated heterocycles. The average Bonchev–Trinajstić information content (AvgIpc) is 3.44. The highest BCUT2D eigenvalue weighted by molar-refractivity contribution is 6.19. The first-order valence-corrected chi connectivity index (χ1v) is 13.5. The lowest BCUT2D eigenvalue weighted by atomic mass is 9.42. The third-order valence-electron chi connectivity index (χ3n) is 9.58. The SMILES string of the molecule is C=C(C(=O)N1CC2C3(c4ccc(O)c(OC)c4)CCC(c4ccccc43)C2(C(=O)OC)C1)c1ccccc1OC. The predicted octanol–water partition coefficient (Wildman–Crippen LogP) is 4.92. The molecule has 7 heteroatoms. The number of aromatic hydroxyl groups is 1. The summed E-state index contributed by atoms with van der Waals surface area (Å²) in [6.07, 6.45) is 1.56. The molecular formula is C33H33NO6. The van der Waals surface area contributed by atoms with E-state index in [9.17, 15) is 14.7 Å². The van der Waals surface area contributed by atoms with Gasteiger partial charge in [-0.1, -0.05) is 55.1 Å². The Hall–Kier alpha value is -4.26. The Balaban J connectivity index is 1.52. The molecule has 4 aliphatic rings. The van der Waals surface area contributed by atoms with Crippen molar-refractivity contribution in [2.24, 2.45) is 11.3 Å². The molecule has 1 heterocycles. The molecule has 0 aromatic heterocycles. The van der Waals surface area contributed by atoms with Crippen molar-refractivity contribution in [1.29, 1.82) is 0 Å². The summed E-state index contributed by atoms with van der Waals surface area (Å²) < 4.78 is 16.5. The van der Waals surface area contributed by atoms with Gasteiger partial charge in [0.25, 0.3) is 5.91 Å². The maximum Gasteiger partial charge on any atom is 0.314 e. The lowest BCUT2D eigenvalue weighted by Gasteiger charge is -2.59. The molecule has 1 N–H and O–H groups in total. The molecule has 3 aliphatic carbocycles. The zero-order valence-corrected chi connectivity index (χ0v) is 23.0. The maximum absolute atomic E-state index is 14.1. The molecule has 4 atom stereocenters. The highest BCUT2D eigenvalue weighted by Crippen LogP contribution is 2.69. The summed E-state index contributed by atoms with van der Waals surface area (Å²) in [5.74, 6) is 0.103. The van der Waals surface area contributed by atoms with Crippen molar-refractivity contribution in [2.45, 2.75) is 24.2 Å². The molecule has 1 aliphatic heterocycles. The van der Waals surface area contributed by atoms with Crippen LogP contribution in [0.3, 0.4) is 0 Å². The van der Waals surface area contributed by atoms with E-state index in [4.69, 9.17) is 14.2 Å². The molecule has 4 unspecified atom stereocenters. The van der Waals surface area contributed by atoms with Gasteiger partial charge in [-0.05, 0) is 47.7 Å². The fourth-order valence-corrected chi connectivity index (χ4v) is 7.94. The Morgan fingerprint density at radius 2 is 1.70 bits per heavy atom. The van der Waals surface area contributed by atoms with Crippen molar-refractivity contribution in [3.8, 4) is 17.2 Å². The lowest BCUT2D eigenvalue weighted by molar-refractivity contribution is -0.161. The summed E-state index contributed by atoms with van der Waals surface area (Å²) in [6.45, 7) is 4.74. The van der Waals surface area contributed by atoms with E-state index < -0.39 is 10.8 Å². The lowest BCUT2D eigenvalue weighted by Crippen LogP contribution is -2.60. The fourth-order valence-electron chi connectivity index (χ4n) is 7.94. The number of carbonyl (C=O) groups excluding carboxylic acids is 2. The van der Waals surface area contributed by atoms with Gasteiger partial charge in [0.05, 0.1) is 26.7 Å². The third kappa shape index (κ3) is 3.36. The van der Waals surface area contributed by atoms with Gasteiger partial charge in [0.2, 0.25) is 0 Å². The molecule has 40 heavy (non-hydrogen) atoms. The van der Waals surface area contributed by atoms with Crippen LogP contribution in [0, 0.1) is 11.3 Å². The number of benzene rings is 3. The first-order chi connectivity index (χ1) is 19.3. The van der Waals surface area contributed by atoms with Crippen molar-refractivity contribution >= 4 is 17.4 Å². The monoisotopic (exact) mass is 539 g/mol. The zero-order chi connectivity index (χ0) is 28.2. The van der Waals surface area contributed by atoms with Crippen molar-refractivity contribution < 1.29 is 28.9 Å². The van der Waals surface area contributed by atoms with Gasteiger partial charge in [0.1, 0.15) is 5.75 Å². The molecule has 7 rings (SSSR count).